The van der Waals surface area contributed by atoms with Crippen molar-refractivity contribution in [1.82, 2.24) is 9.78 Å². The van der Waals surface area contributed by atoms with Crippen molar-refractivity contribution in [2.45, 2.75) is 44.6 Å². The van der Waals surface area contributed by atoms with E-state index in [4.69, 9.17) is 4.74 Å². The van der Waals surface area contributed by atoms with Crippen molar-refractivity contribution >= 4 is 21.7 Å². The van der Waals surface area contributed by atoms with Crippen LogP contribution in [0.15, 0.2) is 10.7 Å². The Kier molecular flexibility index (Phi) is 4.95. The number of nitrogens with zero attached hydrogens (tertiary/aromatic N) is 2. The molecule has 2 rings (SSSR count). The average molecular weight is 315 g/mol. The SMILES string of the molecule is COCCn1ncc(Br)c1C1CCCCC(=O)C1. The maximum Gasteiger partial charge on any atom is 0.133 e. The largest absolute Gasteiger partial charge is 0.383 e. The molecule has 1 heterocycles. The van der Waals surface area contributed by atoms with E-state index in [1.54, 1.807) is 7.11 Å². The second kappa shape index (κ2) is 6.48. The van der Waals surface area contributed by atoms with Crippen LogP contribution < -0.4 is 0 Å². The number of carbonyl (C=O) groups excluding carboxylic acids is 1. The molecule has 0 aliphatic heterocycles. The minimum absolute atomic E-state index is 0.300. The Morgan fingerprint density at radius 2 is 2.39 bits per heavy atom. The molecule has 1 saturated carbocycles. The first-order chi connectivity index (χ1) is 8.72. The average Bonchev–Trinajstić information content (AvgIpc) is 2.57. The summed E-state index contributed by atoms with van der Waals surface area (Å²) >= 11 is 3.55. The lowest BCUT2D eigenvalue weighted by molar-refractivity contribution is -0.119. The molecule has 100 valence electrons. The molecule has 1 aromatic rings. The van der Waals surface area contributed by atoms with Crippen LogP contribution in [0.4, 0.5) is 0 Å². The summed E-state index contributed by atoms with van der Waals surface area (Å²) in [6.45, 7) is 1.38. The summed E-state index contributed by atoms with van der Waals surface area (Å²) in [6, 6.07) is 0. The van der Waals surface area contributed by atoms with Gasteiger partial charge in [0.25, 0.3) is 0 Å². The first-order valence-electron chi connectivity index (χ1n) is 6.44. The molecule has 5 heteroatoms. The summed E-state index contributed by atoms with van der Waals surface area (Å²) < 4.78 is 8.08. The molecule has 1 atom stereocenters. The van der Waals surface area contributed by atoms with E-state index < -0.39 is 0 Å². The van der Waals surface area contributed by atoms with Gasteiger partial charge in [-0.2, -0.15) is 5.10 Å². The summed E-state index contributed by atoms with van der Waals surface area (Å²) in [5.41, 5.74) is 1.15. The van der Waals surface area contributed by atoms with Gasteiger partial charge in [0.2, 0.25) is 0 Å². The van der Waals surface area contributed by atoms with E-state index in [1.165, 1.54) is 0 Å². The molecule has 4 nitrogen and oxygen atoms in total. The van der Waals surface area contributed by atoms with Crippen molar-refractivity contribution in [2.75, 3.05) is 13.7 Å². The van der Waals surface area contributed by atoms with Gasteiger partial charge in [0.15, 0.2) is 0 Å². The smallest absolute Gasteiger partial charge is 0.133 e. The number of carbonyl (C=O) groups is 1. The van der Waals surface area contributed by atoms with Gasteiger partial charge in [-0.25, -0.2) is 0 Å². The predicted molar refractivity (Wildman–Crippen MR) is 72.6 cm³/mol. The summed E-state index contributed by atoms with van der Waals surface area (Å²) in [6.07, 6.45) is 6.43. The molecule has 18 heavy (non-hydrogen) atoms. The van der Waals surface area contributed by atoms with E-state index in [1.807, 2.05) is 10.9 Å². The highest BCUT2D eigenvalue weighted by Gasteiger charge is 2.24. The number of ether oxygens (including phenoxy) is 1. The van der Waals surface area contributed by atoms with Crippen LogP contribution in [0, 0.1) is 0 Å². The minimum atomic E-state index is 0.300. The molecule has 1 aromatic heterocycles. The van der Waals surface area contributed by atoms with Gasteiger partial charge in [0.1, 0.15) is 5.78 Å². The van der Waals surface area contributed by atoms with Crippen LogP contribution >= 0.6 is 15.9 Å². The van der Waals surface area contributed by atoms with E-state index >= 15 is 0 Å². The predicted octanol–water partition coefficient (Wildman–Crippen LogP) is 2.91. The van der Waals surface area contributed by atoms with Gasteiger partial charge in [-0.3, -0.25) is 9.48 Å². The lowest BCUT2D eigenvalue weighted by Gasteiger charge is -2.16. The Hall–Kier alpha value is -0.680. The van der Waals surface area contributed by atoms with Crippen LogP contribution in [0.3, 0.4) is 0 Å². The van der Waals surface area contributed by atoms with E-state index in [2.05, 4.69) is 21.0 Å². The Balaban J connectivity index is 2.19. The first kappa shape index (κ1) is 13.7. The van der Waals surface area contributed by atoms with Gasteiger partial charge < -0.3 is 4.74 Å². The third-order valence-electron chi connectivity index (χ3n) is 3.46. The number of ketones is 1. The highest BCUT2D eigenvalue weighted by Crippen LogP contribution is 2.34. The summed E-state index contributed by atoms with van der Waals surface area (Å²) in [7, 11) is 1.69. The molecule has 1 aliphatic rings. The van der Waals surface area contributed by atoms with Crippen molar-refractivity contribution in [2.24, 2.45) is 0 Å². The van der Waals surface area contributed by atoms with Crippen LogP contribution in [-0.4, -0.2) is 29.3 Å². The third kappa shape index (κ3) is 3.20. The Morgan fingerprint density at radius 3 is 3.17 bits per heavy atom. The summed E-state index contributed by atoms with van der Waals surface area (Å²) in [5, 5.41) is 4.36. The topological polar surface area (TPSA) is 44.1 Å². The van der Waals surface area contributed by atoms with Crippen molar-refractivity contribution in [3.63, 3.8) is 0 Å². The number of aromatic nitrogens is 2. The van der Waals surface area contributed by atoms with E-state index in [0.29, 0.717) is 24.7 Å². The fourth-order valence-electron chi connectivity index (χ4n) is 2.56. The second-order valence-electron chi connectivity index (χ2n) is 4.78. The van der Waals surface area contributed by atoms with Crippen LogP contribution in [0.25, 0.3) is 0 Å². The van der Waals surface area contributed by atoms with Crippen molar-refractivity contribution in [3.8, 4) is 0 Å². The Bertz CT molecular complexity index is 417. The van der Waals surface area contributed by atoms with Gasteiger partial charge in [0, 0.05) is 25.9 Å². The van der Waals surface area contributed by atoms with Crippen LogP contribution in [0.5, 0.6) is 0 Å². The molecule has 1 unspecified atom stereocenters. The lowest BCUT2D eigenvalue weighted by Crippen LogP contribution is -2.14. The number of methoxy groups -OCH3 is 1. The highest BCUT2D eigenvalue weighted by molar-refractivity contribution is 9.10. The standard InChI is InChI=1S/C13H19BrN2O2/c1-18-7-6-16-13(12(14)9-15-16)10-4-2-3-5-11(17)8-10/h9-10H,2-8H2,1H3. The summed E-state index contributed by atoms with van der Waals surface area (Å²) in [4.78, 5) is 11.8. The molecular formula is C13H19BrN2O2. The molecule has 0 N–H and O–H groups in total. The van der Waals surface area contributed by atoms with Crippen LogP contribution in [0.1, 0.15) is 43.7 Å². The van der Waals surface area contributed by atoms with E-state index in [0.717, 1.165) is 42.4 Å². The number of Topliss-reactive ketones (excluding diaryl/α,β-unsaturated/α-hetero) is 1. The van der Waals surface area contributed by atoms with E-state index in [-0.39, 0.29) is 0 Å². The molecule has 0 saturated heterocycles. The van der Waals surface area contributed by atoms with Gasteiger partial charge in [-0.05, 0) is 28.8 Å². The summed E-state index contributed by atoms with van der Waals surface area (Å²) in [5.74, 6) is 0.678. The van der Waals surface area contributed by atoms with Gasteiger partial charge in [-0.1, -0.05) is 6.42 Å². The van der Waals surface area contributed by atoms with Crippen molar-refractivity contribution < 1.29 is 9.53 Å². The number of rotatable bonds is 4. The Morgan fingerprint density at radius 1 is 1.56 bits per heavy atom. The fraction of sp³-hybridized carbons (Fsp3) is 0.692. The highest BCUT2D eigenvalue weighted by atomic mass is 79.9. The van der Waals surface area contributed by atoms with E-state index in [9.17, 15) is 4.79 Å². The van der Waals surface area contributed by atoms with Gasteiger partial charge in [-0.15, -0.1) is 0 Å². The quantitative estimate of drug-likeness (QED) is 0.803. The van der Waals surface area contributed by atoms with Crippen LogP contribution in [-0.2, 0) is 16.1 Å². The second-order valence-corrected chi connectivity index (χ2v) is 5.63. The number of hydrogen-bond acceptors (Lipinski definition) is 3. The Labute approximate surface area is 116 Å². The van der Waals surface area contributed by atoms with Gasteiger partial charge >= 0.3 is 0 Å². The molecule has 1 fully saturated rings. The van der Waals surface area contributed by atoms with Crippen molar-refractivity contribution in [3.05, 3.63) is 16.4 Å². The molecule has 1 aliphatic carbocycles. The fourth-order valence-corrected chi connectivity index (χ4v) is 3.18. The number of hydrogen-bond donors (Lipinski definition) is 0. The maximum atomic E-state index is 11.8. The number of halogens is 1. The zero-order chi connectivity index (χ0) is 13.0. The monoisotopic (exact) mass is 314 g/mol. The zero-order valence-electron chi connectivity index (χ0n) is 10.7. The lowest BCUT2D eigenvalue weighted by atomic mass is 9.96. The van der Waals surface area contributed by atoms with Crippen molar-refractivity contribution in [1.29, 1.82) is 0 Å². The minimum Gasteiger partial charge on any atom is -0.383 e. The molecular weight excluding hydrogens is 296 g/mol. The van der Waals surface area contributed by atoms with Gasteiger partial charge in [0.05, 0.1) is 29.5 Å². The molecule has 0 spiro atoms. The zero-order valence-corrected chi connectivity index (χ0v) is 12.3. The molecule has 0 radical (unpaired) electrons. The first-order valence-corrected chi connectivity index (χ1v) is 7.23. The third-order valence-corrected chi connectivity index (χ3v) is 4.07. The van der Waals surface area contributed by atoms with Crippen LogP contribution in [0.2, 0.25) is 0 Å². The maximum absolute atomic E-state index is 11.8. The molecule has 0 bridgehead atoms. The normalized spacial score (nSPS) is 21.0. The molecule has 0 amide bonds. The molecule has 0 aromatic carbocycles.